The summed E-state index contributed by atoms with van der Waals surface area (Å²) < 4.78 is 7.11. The minimum absolute atomic E-state index is 0.0329. The van der Waals surface area contributed by atoms with Gasteiger partial charge in [0.15, 0.2) is 23.2 Å². The first-order valence-corrected chi connectivity index (χ1v) is 12.7. The van der Waals surface area contributed by atoms with Crippen LogP contribution in [-0.4, -0.2) is 85.3 Å². The number of rotatable bonds is 10. The van der Waals surface area contributed by atoms with E-state index in [4.69, 9.17) is 10.5 Å². The molecule has 1 aliphatic rings. The molecule has 12 heteroatoms. The van der Waals surface area contributed by atoms with Crippen LogP contribution in [0.1, 0.15) is 33.9 Å². The van der Waals surface area contributed by atoms with Gasteiger partial charge in [0.1, 0.15) is 18.3 Å². The third-order valence-electron chi connectivity index (χ3n) is 6.72. The molecule has 5 rings (SSSR count). The fourth-order valence-electron chi connectivity index (χ4n) is 4.70. The van der Waals surface area contributed by atoms with Crippen LogP contribution < -0.4 is 16.4 Å². The fourth-order valence-corrected chi connectivity index (χ4v) is 4.70. The number of aliphatic hydroxyl groups excluding tert-OH is 3. The van der Waals surface area contributed by atoms with Crippen molar-refractivity contribution in [3.8, 4) is 0 Å². The highest BCUT2D eigenvalue weighted by molar-refractivity contribution is 5.94. The smallest absolute Gasteiger partial charge is 0.289 e. The maximum absolute atomic E-state index is 12.8. The minimum Gasteiger partial charge on any atom is -0.394 e. The van der Waals surface area contributed by atoms with Crippen molar-refractivity contribution in [3.63, 3.8) is 0 Å². The van der Waals surface area contributed by atoms with E-state index in [1.54, 1.807) is 0 Å². The molecule has 7 N–H and O–H groups in total. The molecule has 1 fully saturated rings. The zero-order valence-electron chi connectivity index (χ0n) is 21.1. The molecular weight excluding hydrogens is 502 g/mol. The third kappa shape index (κ3) is 5.46. The van der Waals surface area contributed by atoms with Gasteiger partial charge in [0.25, 0.3) is 5.91 Å². The molecule has 4 aromatic rings. The SMILES string of the molecule is NCCNC(=O)c1nc(NCC(c2ccccc2)c2ccccc2)c2ncn([C@H]3O[C@H](CO)[C@H](O)[C@@H]3O)c2n1. The van der Waals surface area contributed by atoms with E-state index < -0.39 is 37.1 Å². The highest BCUT2D eigenvalue weighted by Gasteiger charge is 2.44. The standard InChI is InChI=1S/C27H31N7O5/c28-11-12-29-26(38)24-32-23(30-13-18(16-7-3-1-4-8-16)17-9-5-2-6-10-17)20-25(33-24)34(15-31-20)27-22(37)21(36)19(14-35)39-27/h1-10,15,18-19,21-22,27,35-37H,11-14,28H2,(H,29,38)(H,30,32,33)/t19-,21+,22+,27+/m1/s1. The second-order valence-electron chi connectivity index (χ2n) is 9.25. The predicted octanol–water partition coefficient (Wildman–Crippen LogP) is 0.370. The van der Waals surface area contributed by atoms with E-state index >= 15 is 0 Å². The van der Waals surface area contributed by atoms with E-state index in [9.17, 15) is 20.1 Å². The van der Waals surface area contributed by atoms with Crippen molar-refractivity contribution in [3.05, 3.63) is 83.9 Å². The van der Waals surface area contributed by atoms with E-state index in [0.29, 0.717) is 17.9 Å². The average Bonchev–Trinajstić information content (AvgIpc) is 3.53. The summed E-state index contributed by atoms with van der Waals surface area (Å²) in [6, 6.07) is 20.1. The molecule has 2 aromatic carbocycles. The second kappa shape index (κ2) is 11.8. The van der Waals surface area contributed by atoms with E-state index in [-0.39, 0.29) is 30.5 Å². The van der Waals surface area contributed by atoms with E-state index in [1.165, 1.54) is 10.9 Å². The normalized spacial score (nSPS) is 20.9. The zero-order valence-corrected chi connectivity index (χ0v) is 21.1. The number of hydrogen-bond donors (Lipinski definition) is 6. The van der Waals surface area contributed by atoms with Crippen LogP contribution >= 0.6 is 0 Å². The Hall–Kier alpha value is -3.94. The number of anilines is 1. The van der Waals surface area contributed by atoms with Crippen molar-refractivity contribution >= 4 is 22.9 Å². The molecule has 0 unspecified atom stereocenters. The molecule has 0 bridgehead atoms. The van der Waals surface area contributed by atoms with Crippen LogP contribution in [0, 0.1) is 0 Å². The van der Waals surface area contributed by atoms with Gasteiger partial charge in [0, 0.05) is 25.6 Å². The quantitative estimate of drug-likeness (QED) is 0.167. The van der Waals surface area contributed by atoms with Crippen LogP contribution in [0.15, 0.2) is 67.0 Å². The van der Waals surface area contributed by atoms with Gasteiger partial charge in [-0.3, -0.25) is 9.36 Å². The molecule has 12 nitrogen and oxygen atoms in total. The summed E-state index contributed by atoms with van der Waals surface area (Å²) in [5.41, 5.74) is 8.30. The lowest BCUT2D eigenvalue weighted by atomic mass is 9.91. The molecule has 0 radical (unpaired) electrons. The Bertz CT molecular complexity index is 1360. The van der Waals surface area contributed by atoms with Crippen molar-refractivity contribution in [1.82, 2.24) is 24.8 Å². The molecule has 0 aliphatic carbocycles. The number of carbonyl (C=O) groups excluding carboxylic acids is 1. The molecular formula is C27H31N7O5. The number of imidazole rings is 1. The Morgan fingerprint density at radius 2 is 1.69 bits per heavy atom. The topological polar surface area (TPSA) is 181 Å². The Kier molecular flexibility index (Phi) is 8.10. The highest BCUT2D eigenvalue weighted by atomic mass is 16.6. The molecule has 2 aromatic heterocycles. The molecule has 39 heavy (non-hydrogen) atoms. The number of nitrogens with zero attached hydrogens (tertiary/aromatic N) is 4. The summed E-state index contributed by atoms with van der Waals surface area (Å²) >= 11 is 0. The number of aliphatic hydroxyl groups is 3. The Balaban J connectivity index is 1.53. The van der Waals surface area contributed by atoms with Crippen LogP contribution in [-0.2, 0) is 4.74 Å². The van der Waals surface area contributed by atoms with Crippen molar-refractivity contribution < 1.29 is 24.9 Å². The lowest BCUT2D eigenvalue weighted by molar-refractivity contribution is -0.0511. The molecule has 204 valence electrons. The number of benzene rings is 2. The molecule has 1 saturated heterocycles. The first-order valence-electron chi connectivity index (χ1n) is 12.7. The van der Waals surface area contributed by atoms with Crippen molar-refractivity contribution in [2.75, 3.05) is 31.6 Å². The summed E-state index contributed by atoms with van der Waals surface area (Å²) in [4.78, 5) is 26.2. The van der Waals surface area contributed by atoms with Gasteiger partial charge in [-0.2, -0.15) is 0 Å². The van der Waals surface area contributed by atoms with Gasteiger partial charge in [-0.1, -0.05) is 60.7 Å². The van der Waals surface area contributed by atoms with Crippen molar-refractivity contribution in [2.24, 2.45) is 5.73 Å². The summed E-state index contributed by atoms with van der Waals surface area (Å²) in [5.74, 6) is -0.361. The van der Waals surface area contributed by atoms with Gasteiger partial charge in [-0.05, 0) is 11.1 Å². The number of nitrogens with two attached hydrogens (primary N) is 1. The minimum atomic E-state index is -1.35. The molecule has 0 spiro atoms. The highest BCUT2D eigenvalue weighted by Crippen LogP contribution is 2.33. The lowest BCUT2D eigenvalue weighted by Crippen LogP contribution is -2.33. The van der Waals surface area contributed by atoms with Crippen LogP contribution in [0.3, 0.4) is 0 Å². The molecule has 0 saturated carbocycles. The second-order valence-corrected chi connectivity index (χ2v) is 9.25. The number of fused-ring (bicyclic) bond motifs is 1. The van der Waals surface area contributed by atoms with E-state index in [1.807, 2.05) is 36.4 Å². The monoisotopic (exact) mass is 533 g/mol. The number of hydrogen-bond acceptors (Lipinski definition) is 10. The summed E-state index contributed by atoms with van der Waals surface area (Å²) in [5, 5.41) is 36.4. The molecule has 1 amide bonds. The van der Waals surface area contributed by atoms with Crippen LogP contribution in [0.2, 0.25) is 0 Å². The third-order valence-corrected chi connectivity index (χ3v) is 6.72. The van der Waals surface area contributed by atoms with Gasteiger partial charge >= 0.3 is 0 Å². The van der Waals surface area contributed by atoms with Crippen LogP contribution in [0.5, 0.6) is 0 Å². The summed E-state index contributed by atoms with van der Waals surface area (Å²) in [7, 11) is 0. The van der Waals surface area contributed by atoms with Gasteiger partial charge in [-0.25, -0.2) is 15.0 Å². The Morgan fingerprint density at radius 3 is 2.28 bits per heavy atom. The summed E-state index contributed by atoms with van der Waals surface area (Å²) in [6.45, 7) is 0.442. The van der Waals surface area contributed by atoms with Crippen molar-refractivity contribution in [2.45, 2.75) is 30.5 Å². The molecule has 4 atom stereocenters. The van der Waals surface area contributed by atoms with Crippen LogP contribution in [0.4, 0.5) is 5.82 Å². The maximum Gasteiger partial charge on any atom is 0.289 e. The van der Waals surface area contributed by atoms with Gasteiger partial charge < -0.3 is 36.4 Å². The predicted molar refractivity (Wildman–Crippen MR) is 143 cm³/mol. The van der Waals surface area contributed by atoms with Crippen LogP contribution in [0.25, 0.3) is 11.2 Å². The Labute approximate surface area is 224 Å². The summed E-state index contributed by atoms with van der Waals surface area (Å²) in [6.07, 6.45) is -3.31. The number of nitrogens with one attached hydrogen (secondary N) is 2. The lowest BCUT2D eigenvalue weighted by Gasteiger charge is -2.20. The largest absolute Gasteiger partial charge is 0.394 e. The molecule has 3 heterocycles. The number of aromatic nitrogens is 4. The first-order chi connectivity index (χ1) is 19.0. The average molecular weight is 534 g/mol. The van der Waals surface area contributed by atoms with Gasteiger partial charge in [-0.15, -0.1) is 0 Å². The zero-order chi connectivity index (χ0) is 27.4. The number of carbonyl (C=O) groups is 1. The number of ether oxygens (including phenoxy) is 1. The maximum atomic E-state index is 12.8. The van der Waals surface area contributed by atoms with E-state index in [2.05, 4.69) is 49.9 Å². The van der Waals surface area contributed by atoms with Gasteiger partial charge in [0.05, 0.1) is 12.9 Å². The first kappa shape index (κ1) is 26.7. The Morgan fingerprint density at radius 1 is 1.03 bits per heavy atom. The van der Waals surface area contributed by atoms with Crippen molar-refractivity contribution in [1.29, 1.82) is 0 Å². The van der Waals surface area contributed by atoms with Gasteiger partial charge in [0.2, 0.25) is 5.82 Å². The molecule has 1 aliphatic heterocycles. The fraction of sp³-hybridized carbons (Fsp3) is 0.333. The van der Waals surface area contributed by atoms with E-state index in [0.717, 1.165) is 11.1 Å². The number of amides is 1.